The minimum absolute atomic E-state index is 0.724. The Morgan fingerprint density at radius 2 is 2.00 bits per heavy atom. The van der Waals surface area contributed by atoms with E-state index in [1.165, 1.54) is 0 Å². The molecule has 0 N–H and O–H groups in total. The summed E-state index contributed by atoms with van der Waals surface area (Å²) in [6.45, 7) is 2.89. The van der Waals surface area contributed by atoms with Crippen LogP contribution >= 0.6 is 39.0 Å². The fraction of sp³-hybridized carbons (Fsp3) is 0.200. The van der Waals surface area contributed by atoms with E-state index in [2.05, 4.69) is 48.0 Å². The second-order valence-corrected chi connectivity index (χ2v) is 8.78. The number of hydrogen-bond donors (Lipinski definition) is 0. The van der Waals surface area contributed by atoms with E-state index in [-0.39, 0.29) is 0 Å². The number of methoxy groups -OCH3 is 1. The first kappa shape index (κ1) is 20.1. The summed E-state index contributed by atoms with van der Waals surface area (Å²) >= 11 is 6.78. The van der Waals surface area contributed by atoms with Crippen molar-refractivity contribution in [1.82, 2.24) is 24.7 Å². The van der Waals surface area contributed by atoms with E-state index in [9.17, 15) is 0 Å². The van der Waals surface area contributed by atoms with Crippen LogP contribution in [0.25, 0.3) is 22.0 Å². The Labute approximate surface area is 185 Å². The minimum Gasteiger partial charge on any atom is -0.496 e. The van der Waals surface area contributed by atoms with Gasteiger partial charge >= 0.3 is 0 Å². The highest BCUT2D eigenvalue weighted by atomic mass is 79.9. The second kappa shape index (κ2) is 9.06. The van der Waals surface area contributed by atoms with Crippen LogP contribution in [-0.2, 0) is 12.3 Å². The third kappa shape index (κ3) is 4.36. The summed E-state index contributed by atoms with van der Waals surface area (Å²) in [7, 11) is 1.68. The number of benzene rings is 1. The topological polar surface area (TPSA) is 65.7 Å². The summed E-state index contributed by atoms with van der Waals surface area (Å²) < 4.78 is 8.60. The van der Waals surface area contributed by atoms with Crippen molar-refractivity contribution in [2.75, 3.05) is 7.11 Å². The number of thioether (sulfide) groups is 1. The third-order valence-electron chi connectivity index (χ3n) is 4.26. The molecule has 4 aromatic rings. The highest BCUT2D eigenvalue weighted by molar-refractivity contribution is 9.10. The summed E-state index contributed by atoms with van der Waals surface area (Å²) in [6, 6.07) is 9.83. The van der Waals surface area contributed by atoms with Crippen molar-refractivity contribution in [1.29, 1.82) is 0 Å². The molecule has 0 radical (unpaired) electrons. The number of halogens is 1. The average Bonchev–Trinajstić information content (AvgIpc) is 3.39. The number of rotatable bonds is 7. The van der Waals surface area contributed by atoms with Crippen molar-refractivity contribution in [3.63, 3.8) is 0 Å². The molecule has 9 heteroatoms. The molecule has 0 atom stereocenters. The van der Waals surface area contributed by atoms with E-state index in [0.717, 1.165) is 55.3 Å². The summed E-state index contributed by atoms with van der Waals surface area (Å²) in [5.41, 5.74) is 3.01. The monoisotopic (exact) mass is 487 g/mol. The van der Waals surface area contributed by atoms with Crippen molar-refractivity contribution in [3.05, 3.63) is 58.3 Å². The van der Waals surface area contributed by atoms with Crippen LogP contribution in [0.5, 0.6) is 5.75 Å². The van der Waals surface area contributed by atoms with Gasteiger partial charge in [0.2, 0.25) is 0 Å². The van der Waals surface area contributed by atoms with Gasteiger partial charge in [-0.2, -0.15) is 0 Å². The molecule has 0 unspecified atom stereocenters. The molecule has 0 aliphatic rings. The first-order valence-corrected chi connectivity index (χ1v) is 11.6. The number of aromatic nitrogens is 5. The molecule has 0 saturated heterocycles. The van der Waals surface area contributed by atoms with Crippen molar-refractivity contribution in [3.8, 4) is 27.7 Å². The molecule has 0 fully saturated rings. The van der Waals surface area contributed by atoms with Crippen LogP contribution in [0.3, 0.4) is 0 Å². The smallest absolute Gasteiger partial charge is 0.191 e. The predicted octanol–water partition coefficient (Wildman–Crippen LogP) is 5.55. The van der Waals surface area contributed by atoms with Gasteiger partial charge in [0.15, 0.2) is 11.0 Å². The van der Waals surface area contributed by atoms with E-state index in [1.54, 1.807) is 42.6 Å². The lowest BCUT2D eigenvalue weighted by Crippen LogP contribution is -2.00. The zero-order chi connectivity index (χ0) is 20.2. The summed E-state index contributed by atoms with van der Waals surface area (Å²) in [5, 5.41) is 12.7. The number of hydrogen-bond acceptors (Lipinski definition) is 7. The second-order valence-electron chi connectivity index (χ2n) is 6.06. The molecule has 0 bridgehead atoms. The van der Waals surface area contributed by atoms with E-state index in [4.69, 9.17) is 9.72 Å². The molecule has 0 amide bonds. The van der Waals surface area contributed by atoms with Crippen LogP contribution in [0.15, 0.2) is 57.7 Å². The maximum atomic E-state index is 5.48. The van der Waals surface area contributed by atoms with Gasteiger partial charge < -0.3 is 9.30 Å². The van der Waals surface area contributed by atoms with Crippen LogP contribution in [-0.4, -0.2) is 31.8 Å². The fourth-order valence-corrected chi connectivity index (χ4v) is 5.08. The maximum absolute atomic E-state index is 5.48. The van der Waals surface area contributed by atoms with E-state index >= 15 is 0 Å². The van der Waals surface area contributed by atoms with Crippen molar-refractivity contribution in [2.24, 2.45) is 0 Å². The molecular weight excluding hydrogens is 470 g/mol. The zero-order valence-corrected chi connectivity index (χ0v) is 19.1. The van der Waals surface area contributed by atoms with Gasteiger partial charge in [-0.1, -0.05) is 27.7 Å². The molecule has 0 aliphatic heterocycles. The molecule has 0 aliphatic carbocycles. The lowest BCUT2D eigenvalue weighted by molar-refractivity contribution is 0.416. The first-order valence-electron chi connectivity index (χ1n) is 8.94. The Hall–Kier alpha value is -2.23. The van der Waals surface area contributed by atoms with Gasteiger partial charge in [-0.25, -0.2) is 4.98 Å². The summed E-state index contributed by atoms with van der Waals surface area (Å²) in [5.74, 6) is 2.39. The lowest BCUT2D eigenvalue weighted by atomic mass is 10.2. The molecule has 3 aromatic heterocycles. The van der Waals surface area contributed by atoms with Crippen molar-refractivity contribution in [2.45, 2.75) is 24.4 Å². The van der Waals surface area contributed by atoms with Crippen LogP contribution in [0, 0.1) is 0 Å². The average molecular weight is 488 g/mol. The predicted molar refractivity (Wildman–Crippen MR) is 120 cm³/mol. The van der Waals surface area contributed by atoms with Crippen LogP contribution in [0.2, 0.25) is 0 Å². The van der Waals surface area contributed by atoms with Crippen molar-refractivity contribution < 1.29 is 4.74 Å². The number of thiazole rings is 1. The normalized spacial score (nSPS) is 11.0. The molecule has 0 saturated carbocycles. The van der Waals surface area contributed by atoms with Crippen molar-refractivity contribution >= 4 is 39.0 Å². The van der Waals surface area contributed by atoms with Gasteiger partial charge in [0.25, 0.3) is 0 Å². The number of pyridine rings is 1. The van der Waals surface area contributed by atoms with E-state index < -0.39 is 0 Å². The molecule has 3 heterocycles. The molecular formula is C20H18BrN5OS2. The third-order valence-corrected chi connectivity index (χ3v) is 6.68. The van der Waals surface area contributed by atoms with Gasteiger partial charge in [0, 0.05) is 40.1 Å². The Morgan fingerprint density at radius 3 is 2.76 bits per heavy atom. The quantitative estimate of drug-likeness (QED) is 0.318. The van der Waals surface area contributed by atoms with Gasteiger partial charge in [-0.3, -0.25) is 4.98 Å². The molecule has 1 aromatic carbocycles. The molecule has 6 nitrogen and oxygen atoms in total. The van der Waals surface area contributed by atoms with Crippen LogP contribution < -0.4 is 4.74 Å². The van der Waals surface area contributed by atoms with Crippen LogP contribution in [0.1, 0.15) is 12.6 Å². The van der Waals surface area contributed by atoms with Gasteiger partial charge in [-0.15, -0.1) is 21.5 Å². The maximum Gasteiger partial charge on any atom is 0.191 e. The largest absolute Gasteiger partial charge is 0.496 e. The lowest BCUT2D eigenvalue weighted by Gasteiger charge is -2.07. The van der Waals surface area contributed by atoms with Crippen LogP contribution in [0.4, 0.5) is 0 Å². The highest BCUT2D eigenvalue weighted by Gasteiger charge is 2.15. The van der Waals surface area contributed by atoms with Gasteiger partial charge in [0.05, 0.1) is 18.4 Å². The van der Waals surface area contributed by atoms with Gasteiger partial charge in [0.1, 0.15) is 10.8 Å². The minimum atomic E-state index is 0.724. The molecule has 148 valence electrons. The number of ether oxygens (including phenoxy) is 1. The Bertz CT molecular complexity index is 1110. The summed E-state index contributed by atoms with van der Waals surface area (Å²) in [6.07, 6.45) is 3.54. The number of nitrogens with zero attached hydrogens (tertiary/aromatic N) is 5. The highest BCUT2D eigenvalue weighted by Crippen LogP contribution is 2.35. The Balaban J connectivity index is 1.53. The molecule has 4 rings (SSSR count). The first-order chi connectivity index (χ1) is 14.2. The standard InChI is InChI=1S/C20H18BrN5OS2/c1-3-26-18(13-6-8-22-9-7-13)24-25-20(26)29-12-15-11-28-19(23-15)16-10-14(21)4-5-17(16)27-2/h4-11H,3,12H2,1-2H3. The van der Waals surface area contributed by atoms with E-state index in [1.807, 2.05) is 30.3 Å². The molecule has 29 heavy (non-hydrogen) atoms. The van der Waals surface area contributed by atoms with E-state index in [0.29, 0.717) is 0 Å². The fourth-order valence-electron chi connectivity index (χ4n) is 2.88. The SMILES string of the molecule is CCn1c(SCc2csc(-c3cc(Br)ccc3OC)n2)nnc1-c1ccncc1. The Kier molecular flexibility index (Phi) is 6.27. The molecule has 0 spiro atoms. The zero-order valence-electron chi connectivity index (χ0n) is 15.9. The Morgan fingerprint density at radius 1 is 1.17 bits per heavy atom. The van der Waals surface area contributed by atoms with Gasteiger partial charge in [-0.05, 0) is 37.3 Å². The summed E-state index contributed by atoms with van der Waals surface area (Å²) in [4.78, 5) is 8.87.